The van der Waals surface area contributed by atoms with E-state index in [0.717, 1.165) is 72.7 Å². The number of carbonyl (C=O) groups is 1. The molecule has 0 atom stereocenters. The summed E-state index contributed by atoms with van der Waals surface area (Å²) in [6.07, 6.45) is 11.1. The monoisotopic (exact) mass is 668 g/mol. The van der Waals surface area contributed by atoms with Gasteiger partial charge in [-0.15, -0.1) is 0 Å². The summed E-state index contributed by atoms with van der Waals surface area (Å²) in [4.78, 5) is 31.3. The summed E-state index contributed by atoms with van der Waals surface area (Å²) in [7, 11) is 0. The number of rotatable bonds is 15. The molecule has 10 nitrogen and oxygen atoms in total. The molecule has 0 bridgehead atoms. The van der Waals surface area contributed by atoms with Gasteiger partial charge in [0.25, 0.3) is 5.91 Å². The zero-order chi connectivity index (χ0) is 34.3. The molecule has 0 spiro atoms. The van der Waals surface area contributed by atoms with Crippen LogP contribution in [0.1, 0.15) is 41.8 Å². The van der Waals surface area contributed by atoms with Gasteiger partial charge < -0.3 is 29.6 Å². The molecule has 50 heavy (non-hydrogen) atoms. The molecule has 1 amide bonds. The fourth-order valence-corrected chi connectivity index (χ4v) is 6.73. The van der Waals surface area contributed by atoms with Gasteiger partial charge >= 0.3 is 0 Å². The second kappa shape index (κ2) is 15.5. The fraction of sp³-hybridized carbons (Fsp3) is 0.300. The van der Waals surface area contributed by atoms with Gasteiger partial charge in [-0.3, -0.25) is 9.78 Å². The predicted molar refractivity (Wildman–Crippen MR) is 199 cm³/mol. The molecule has 7 rings (SSSR count). The number of imidazole rings is 1. The minimum atomic E-state index is -0.107. The zero-order valence-electron chi connectivity index (χ0n) is 28.8. The predicted octanol–water partition coefficient (Wildman–Crippen LogP) is 6.27. The van der Waals surface area contributed by atoms with E-state index in [1.165, 1.54) is 22.4 Å². The maximum Gasteiger partial charge on any atom is 0.252 e. The minimum Gasteiger partial charge on any atom is -0.494 e. The highest BCUT2D eigenvalue weighted by atomic mass is 16.5. The van der Waals surface area contributed by atoms with E-state index < -0.39 is 0 Å². The van der Waals surface area contributed by atoms with Crippen molar-refractivity contribution < 1.29 is 9.53 Å². The summed E-state index contributed by atoms with van der Waals surface area (Å²) in [5.74, 6) is 1.68. The fourth-order valence-electron chi connectivity index (χ4n) is 6.73. The van der Waals surface area contributed by atoms with Gasteiger partial charge in [0.2, 0.25) is 0 Å². The van der Waals surface area contributed by atoms with Crippen LogP contribution in [0.5, 0.6) is 5.75 Å². The third-order valence-electron chi connectivity index (χ3n) is 9.41. The Labute approximate surface area is 293 Å². The quantitative estimate of drug-likeness (QED) is 0.124. The second-order valence-electron chi connectivity index (χ2n) is 12.6. The van der Waals surface area contributed by atoms with Gasteiger partial charge in [0, 0.05) is 74.8 Å². The largest absolute Gasteiger partial charge is 0.494 e. The molecule has 4 aromatic heterocycles. The van der Waals surface area contributed by atoms with Gasteiger partial charge in [0.15, 0.2) is 5.82 Å². The van der Waals surface area contributed by atoms with Gasteiger partial charge in [-0.05, 0) is 90.6 Å². The lowest BCUT2D eigenvalue weighted by Gasteiger charge is -2.20. The van der Waals surface area contributed by atoms with Crippen LogP contribution < -0.4 is 20.3 Å². The summed E-state index contributed by atoms with van der Waals surface area (Å²) in [5, 5.41) is 7.45. The van der Waals surface area contributed by atoms with Crippen LogP contribution in [0.3, 0.4) is 0 Å². The van der Waals surface area contributed by atoms with Crippen molar-refractivity contribution in [2.45, 2.75) is 33.2 Å². The highest BCUT2D eigenvalue weighted by molar-refractivity contribution is 5.94. The van der Waals surface area contributed by atoms with Crippen molar-refractivity contribution in [1.29, 1.82) is 0 Å². The molecule has 2 N–H and O–H groups in total. The van der Waals surface area contributed by atoms with Crippen molar-refractivity contribution in [2.75, 3.05) is 50.8 Å². The molecule has 10 heteroatoms. The average Bonchev–Trinajstić information content (AvgIpc) is 3.82. The van der Waals surface area contributed by atoms with Crippen LogP contribution >= 0.6 is 0 Å². The van der Waals surface area contributed by atoms with E-state index in [-0.39, 0.29) is 5.91 Å². The number of nitrogens with one attached hydrogen (secondary N) is 2. The first-order chi connectivity index (χ1) is 24.6. The van der Waals surface area contributed by atoms with Crippen LogP contribution in [0.4, 0.5) is 11.5 Å². The van der Waals surface area contributed by atoms with Crippen molar-refractivity contribution in [1.82, 2.24) is 34.9 Å². The lowest BCUT2D eigenvalue weighted by molar-refractivity contribution is 0.0953. The lowest BCUT2D eigenvalue weighted by Crippen LogP contribution is -2.31. The van der Waals surface area contributed by atoms with Gasteiger partial charge in [0.05, 0.1) is 12.2 Å². The Hall–Kier alpha value is -5.32. The van der Waals surface area contributed by atoms with E-state index >= 15 is 0 Å². The summed E-state index contributed by atoms with van der Waals surface area (Å²) >= 11 is 0. The molecular weight excluding hydrogens is 624 g/mol. The third-order valence-corrected chi connectivity index (χ3v) is 9.41. The summed E-state index contributed by atoms with van der Waals surface area (Å²) in [6.45, 7) is 10.9. The molecule has 0 radical (unpaired) electrons. The number of benzene rings is 2. The number of fused-ring (bicyclic) bond motifs is 3. The average molecular weight is 669 g/mol. The standard InChI is InChI=1S/C40H44N8O2/c1-3-46(4-2)20-7-23-50-33-9-5-8-30(25-33)34-10-6-11-36-35(34)15-21-48(36)39-38-31(14-16-43-39)24-29(27-45-38)26-41-17-18-44-40(49)32-12-13-37-42-19-22-47(37)28-32/h5-6,8-14,16,19,22,24-25,27-28,41H,3-4,7,15,17-18,20-21,23,26H2,1-2H3,(H,44,49). The minimum absolute atomic E-state index is 0.107. The van der Waals surface area contributed by atoms with E-state index in [1.807, 2.05) is 35.1 Å². The Balaban J connectivity index is 0.979. The van der Waals surface area contributed by atoms with Crippen molar-refractivity contribution in [2.24, 2.45) is 0 Å². The van der Waals surface area contributed by atoms with Crippen LogP contribution in [0.2, 0.25) is 0 Å². The van der Waals surface area contributed by atoms with Crippen LogP contribution in [0.25, 0.3) is 27.7 Å². The van der Waals surface area contributed by atoms with Crippen molar-refractivity contribution in [3.8, 4) is 16.9 Å². The van der Waals surface area contributed by atoms with E-state index in [2.05, 4.69) is 87.8 Å². The number of hydrogen-bond acceptors (Lipinski definition) is 8. The number of nitrogens with zero attached hydrogens (tertiary/aromatic N) is 6. The van der Waals surface area contributed by atoms with Gasteiger partial charge in [-0.1, -0.05) is 38.1 Å². The molecule has 5 heterocycles. The van der Waals surface area contributed by atoms with Gasteiger partial charge in [-0.2, -0.15) is 0 Å². The van der Waals surface area contributed by atoms with Crippen LogP contribution in [-0.2, 0) is 13.0 Å². The van der Waals surface area contributed by atoms with Gasteiger partial charge in [0.1, 0.15) is 16.9 Å². The number of pyridine rings is 3. The molecule has 0 saturated carbocycles. The van der Waals surface area contributed by atoms with E-state index in [0.29, 0.717) is 31.8 Å². The number of ether oxygens (including phenoxy) is 1. The number of aromatic nitrogens is 4. The Kier molecular flexibility index (Phi) is 10.3. The molecule has 256 valence electrons. The Bertz CT molecular complexity index is 2090. The summed E-state index contributed by atoms with van der Waals surface area (Å²) < 4.78 is 8.01. The second-order valence-corrected chi connectivity index (χ2v) is 12.6. The third kappa shape index (κ3) is 7.31. The lowest BCUT2D eigenvalue weighted by atomic mass is 9.97. The molecule has 1 aliphatic heterocycles. The highest BCUT2D eigenvalue weighted by Gasteiger charge is 2.26. The molecular formula is C40H44N8O2. The number of carbonyl (C=O) groups excluding carboxylic acids is 1. The Morgan fingerprint density at radius 1 is 0.960 bits per heavy atom. The summed E-state index contributed by atoms with van der Waals surface area (Å²) in [6, 6.07) is 22.8. The highest BCUT2D eigenvalue weighted by Crippen LogP contribution is 2.41. The van der Waals surface area contributed by atoms with Crippen molar-refractivity contribution >= 4 is 34.0 Å². The summed E-state index contributed by atoms with van der Waals surface area (Å²) in [5.41, 5.74) is 8.27. The molecule has 0 fully saturated rings. The van der Waals surface area contributed by atoms with E-state index in [1.54, 1.807) is 18.5 Å². The van der Waals surface area contributed by atoms with Crippen LogP contribution in [-0.4, -0.2) is 76.0 Å². The first kappa shape index (κ1) is 33.2. The van der Waals surface area contributed by atoms with E-state index in [4.69, 9.17) is 14.7 Å². The maximum atomic E-state index is 12.6. The SMILES string of the molecule is CCN(CC)CCCOc1cccc(-c2cccc3c2CCN3c2nccc3cc(CNCCNC(=O)c4ccc5nccn5c4)cnc23)c1. The molecule has 0 saturated heterocycles. The Morgan fingerprint density at radius 3 is 2.76 bits per heavy atom. The first-order valence-corrected chi connectivity index (χ1v) is 17.6. The number of amides is 1. The zero-order valence-corrected chi connectivity index (χ0v) is 28.8. The van der Waals surface area contributed by atoms with Crippen molar-refractivity contribution in [3.63, 3.8) is 0 Å². The molecule has 1 aliphatic rings. The Morgan fingerprint density at radius 2 is 1.86 bits per heavy atom. The first-order valence-electron chi connectivity index (χ1n) is 17.6. The normalized spacial score (nSPS) is 12.6. The van der Waals surface area contributed by atoms with Crippen molar-refractivity contribution in [3.05, 3.63) is 114 Å². The van der Waals surface area contributed by atoms with Crippen LogP contribution in [0, 0.1) is 0 Å². The molecule has 0 aliphatic carbocycles. The topological polar surface area (TPSA) is 99.9 Å². The van der Waals surface area contributed by atoms with Crippen LogP contribution in [0.15, 0.2) is 97.7 Å². The maximum absolute atomic E-state index is 12.6. The molecule has 0 unspecified atom stereocenters. The van der Waals surface area contributed by atoms with Gasteiger partial charge in [-0.25, -0.2) is 9.97 Å². The molecule has 2 aromatic carbocycles. The number of anilines is 2. The number of hydrogen-bond donors (Lipinski definition) is 2. The molecule has 6 aromatic rings. The van der Waals surface area contributed by atoms with E-state index in [9.17, 15) is 4.79 Å². The smallest absolute Gasteiger partial charge is 0.252 e.